The topological polar surface area (TPSA) is 66.0 Å². The number of hydrogen-bond acceptors (Lipinski definition) is 5. The maximum atomic E-state index is 11.7. The molecule has 6 heteroatoms. The molecule has 44 heavy (non-hydrogen) atoms. The van der Waals surface area contributed by atoms with E-state index < -0.39 is 11.7 Å². The Morgan fingerprint density at radius 2 is 1.77 bits per heavy atom. The second-order valence-electron chi connectivity index (χ2n) is 12.7. The molecule has 234 valence electrons. The molecule has 0 radical (unpaired) electrons. The van der Waals surface area contributed by atoms with Crippen molar-refractivity contribution in [2.24, 2.45) is 5.92 Å². The third-order valence-electron chi connectivity index (χ3n) is 8.20. The number of nitrogens with one attached hydrogen (secondary N) is 1. The van der Waals surface area contributed by atoms with Gasteiger partial charge in [-0.2, -0.15) is 0 Å². The van der Waals surface area contributed by atoms with Crippen molar-refractivity contribution in [3.8, 4) is 5.75 Å². The fourth-order valence-electron chi connectivity index (χ4n) is 6.22. The third-order valence-corrected chi connectivity index (χ3v) is 8.20. The van der Waals surface area contributed by atoms with E-state index in [0.717, 1.165) is 37.9 Å². The van der Waals surface area contributed by atoms with Crippen molar-refractivity contribution >= 4 is 6.09 Å². The molecule has 3 atom stereocenters. The summed E-state index contributed by atoms with van der Waals surface area (Å²) in [6, 6.07) is 19.0. The van der Waals surface area contributed by atoms with E-state index in [2.05, 4.69) is 84.2 Å². The standard InChI is InChI=1S/C38H47NO5/c1-38(2,3)44-37(40)39-22-23-41-24-25-42-32-17-14-30(15-18-32)36-34(29-12-8-5-9-13-29)20-16-31-26-33(19-21-35(31)36)43-27-28-10-6-4-7-11-28/h4,6-8,10-15,17-18,21,26,33-34,36H,5,9,16,19-20,22-25,27H2,1-3H3,(H,39,40). The predicted octanol–water partition coefficient (Wildman–Crippen LogP) is 8.22. The Bertz CT molecular complexity index is 1350. The van der Waals surface area contributed by atoms with Crippen LogP contribution in [0.15, 0.2) is 102 Å². The predicted molar refractivity (Wildman–Crippen MR) is 175 cm³/mol. The summed E-state index contributed by atoms with van der Waals surface area (Å²) in [7, 11) is 0. The first-order valence-electron chi connectivity index (χ1n) is 16.1. The van der Waals surface area contributed by atoms with Gasteiger partial charge in [0.15, 0.2) is 0 Å². The van der Waals surface area contributed by atoms with Gasteiger partial charge in [-0.3, -0.25) is 0 Å². The highest BCUT2D eigenvalue weighted by Gasteiger charge is 2.36. The Morgan fingerprint density at radius 3 is 2.52 bits per heavy atom. The molecule has 3 aliphatic carbocycles. The van der Waals surface area contributed by atoms with E-state index >= 15 is 0 Å². The second kappa shape index (κ2) is 15.4. The van der Waals surface area contributed by atoms with Gasteiger partial charge < -0.3 is 24.3 Å². The fraction of sp³-hybridized carbons (Fsp3) is 0.447. The smallest absolute Gasteiger partial charge is 0.407 e. The molecule has 3 aliphatic rings. The minimum atomic E-state index is -0.510. The normalized spacial score (nSPS) is 21.4. The number of rotatable bonds is 12. The average Bonchev–Trinajstić information content (AvgIpc) is 3.03. The van der Waals surface area contributed by atoms with Crippen LogP contribution in [0.5, 0.6) is 5.75 Å². The van der Waals surface area contributed by atoms with Crippen molar-refractivity contribution in [1.82, 2.24) is 5.32 Å². The number of alkyl carbamates (subject to hydrolysis) is 1. The van der Waals surface area contributed by atoms with Gasteiger partial charge in [0.25, 0.3) is 0 Å². The van der Waals surface area contributed by atoms with E-state index in [0.29, 0.717) is 44.8 Å². The highest BCUT2D eigenvalue weighted by atomic mass is 16.6. The van der Waals surface area contributed by atoms with Crippen molar-refractivity contribution in [3.05, 3.63) is 113 Å². The lowest BCUT2D eigenvalue weighted by Gasteiger charge is -2.39. The molecule has 5 rings (SSSR count). The van der Waals surface area contributed by atoms with E-state index in [4.69, 9.17) is 18.9 Å². The second-order valence-corrected chi connectivity index (χ2v) is 12.7. The highest BCUT2D eigenvalue weighted by molar-refractivity contribution is 5.67. The number of carbonyl (C=O) groups is 1. The Hall–Kier alpha value is -3.61. The summed E-state index contributed by atoms with van der Waals surface area (Å²) in [6.45, 7) is 7.83. The molecular weight excluding hydrogens is 550 g/mol. The van der Waals surface area contributed by atoms with E-state index in [9.17, 15) is 4.79 Å². The van der Waals surface area contributed by atoms with Gasteiger partial charge in [0.1, 0.15) is 18.0 Å². The number of amides is 1. The van der Waals surface area contributed by atoms with Gasteiger partial charge in [-0.1, -0.05) is 72.8 Å². The monoisotopic (exact) mass is 597 g/mol. The summed E-state index contributed by atoms with van der Waals surface area (Å²) < 4.78 is 23.1. The summed E-state index contributed by atoms with van der Waals surface area (Å²) in [6.07, 6.45) is 17.0. The summed E-state index contributed by atoms with van der Waals surface area (Å²) in [5, 5.41) is 2.70. The third kappa shape index (κ3) is 9.20. The zero-order valence-corrected chi connectivity index (χ0v) is 26.4. The zero-order chi connectivity index (χ0) is 30.8. The first-order chi connectivity index (χ1) is 21.4. The van der Waals surface area contributed by atoms with E-state index in [1.807, 2.05) is 26.8 Å². The van der Waals surface area contributed by atoms with Crippen LogP contribution in [0.1, 0.15) is 69.9 Å². The summed E-state index contributed by atoms with van der Waals surface area (Å²) >= 11 is 0. The van der Waals surface area contributed by atoms with Crippen LogP contribution >= 0.6 is 0 Å². The lowest BCUT2D eigenvalue weighted by atomic mass is 9.65. The molecule has 0 aliphatic heterocycles. The van der Waals surface area contributed by atoms with Gasteiger partial charge >= 0.3 is 6.09 Å². The zero-order valence-electron chi connectivity index (χ0n) is 26.4. The summed E-state index contributed by atoms with van der Waals surface area (Å²) in [5.41, 5.74) is 6.40. The van der Waals surface area contributed by atoms with Crippen LogP contribution in [-0.4, -0.2) is 44.2 Å². The van der Waals surface area contributed by atoms with Crippen LogP contribution in [0, 0.1) is 5.92 Å². The first kappa shape index (κ1) is 31.8. The maximum absolute atomic E-state index is 11.7. The lowest BCUT2D eigenvalue weighted by molar-refractivity contribution is 0.0489. The molecule has 1 fully saturated rings. The molecule has 1 N–H and O–H groups in total. The van der Waals surface area contributed by atoms with Gasteiger partial charge in [-0.15, -0.1) is 0 Å². The highest BCUT2D eigenvalue weighted by Crippen LogP contribution is 2.50. The molecule has 2 aromatic carbocycles. The number of ether oxygens (including phenoxy) is 4. The number of allylic oxidation sites excluding steroid dienone is 6. The largest absolute Gasteiger partial charge is 0.491 e. The minimum absolute atomic E-state index is 0.117. The Balaban J connectivity index is 1.17. The van der Waals surface area contributed by atoms with Crippen molar-refractivity contribution in [2.75, 3.05) is 26.4 Å². The first-order valence-corrected chi connectivity index (χ1v) is 16.1. The molecule has 0 saturated heterocycles. The number of fused-ring (bicyclic) bond motifs is 1. The van der Waals surface area contributed by atoms with Crippen LogP contribution in [0.2, 0.25) is 0 Å². The van der Waals surface area contributed by atoms with Gasteiger partial charge in [0.05, 0.1) is 25.9 Å². The minimum Gasteiger partial charge on any atom is -0.491 e. The number of carbonyl (C=O) groups excluding carboxylic acids is 1. The summed E-state index contributed by atoms with van der Waals surface area (Å²) in [4.78, 5) is 11.7. The van der Waals surface area contributed by atoms with E-state index in [1.54, 1.807) is 0 Å². The Kier molecular flexibility index (Phi) is 11.1. The maximum Gasteiger partial charge on any atom is 0.407 e. The molecule has 0 bridgehead atoms. The number of hydrogen-bond donors (Lipinski definition) is 1. The number of benzene rings is 2. The van der Waals surface area contributed by atoms with Gasteiger partial charge in [-0.25, -0.2) is 4.79 Å². The average molecular weight is 598 g/mol. The van der Waals surface area contributed by atoms with Gasteiger partial charge in [-0.05, 0) is 98.8 Å². The van der Waals surface area contributed by atoms with Gasteiger partial charge in [0, 0.05) is 12.5 Å². The quantitative estimate of drug-likeness (QED) is 0.250. The fourth-order valence-corrected chi connectivity index (χ4v) is 6.22. The van der Waals surface area contributed by atoms with Crippen LogP contribution in [-0.2, 0) is 20.8 Å². The molecule has 0 aromatic heterocycles. The molecule has 1 amide bonds. The Morgan fingerprint density at radius 1 is 0.955 bits per heavy atom. The van der Waals surface area contributed by atoms with Crippen LogP contribution in [0.4, 0.5) is 4.79 Å². The van der Waals surface area contributed by atoms with Crippen LogP contribution < -0.4 is 10.1 Å². The summed E-state index contributed by atoms with van der Waals surface area (Å²) in [5.74, 6) is 1.61. The van der Waals surface area contributed by atoms with Gasteiger partial charge in [0.2, 0.25) is 0 Å². The molecule has 0 spiro atoms. The Labute approximate surface area is 262 Å². The SMILES string of the molecule is CC(C)(C)OC(=O)NCCOCCOc1ccc(C2C3=CCC(OCc4ccccc4)C=C3CCC2C2=CCCC=C2)cc1. The molecular formula is C38H47NO5. The lowest BCUT2D eigenvalue weighted by Crippen LogP contribution is -2.34. The van der Waals surface area contributed by atoms with Crippen molar-refractivity contribution in [3.63, 3.8) is 0 Å². The van der Waals surface area contributed by atoms with Crippen LogP contribution in [0.25, 0.3) is 0 Å². The molecule has 2 aromatic rings. The van der Waals surface area contributed by atoms with Crippen molar-refractivity contribution in [1.29, 1.82) is 0 Å². The van der Waals surface area contributed by atoms with Crippen molar-refractivity contribution < 1.29 is 23.7 Å². The van der Waals surface area contributed by atoms with Crippen molar-refractivity contribution in [2.45, 2.75) is 77.1 Å². The molecule has 0 heterocycles. The van der Waals surface area contributed by atoms with E-state index in [-0.39, 0.29) is 6.10 Å². The molecule has 1 saturated carbocycles. The molecule has 3 unspecified atom stereocenters. The van der Waals surface area contributed by atoms with E-state index in [1.165, 1.54) is 27.8 Å². The van der Waals surface area contributed by atoms with Crippen LogP contribution in [0.3, 0.4) is 0 Å². The molecule has 6 nitrogen and oxygen atoms in total.